The van der Waals surface area contributed by atoms with Crippen LogP contribution >= 0.6 is 15.9 Å². The highest BCUT2D eigenvalue weighted by molar-refractivity contribution is 9.10. The molecule has 0 spiro atoms. The van der Waals surface area contributed by atoms with Gasteiger partial charge < -0.3 is 0 Å². The topological polar surface area (TPSA) is 0 Å². The van der Waals surface area contributed by atoms with Crippen molar-refractivity contribution in [2.75, 3.05) is 0 Å². The highest BCUT2D eigenvalue weighted by Gasteiger charge is 2.21. The van der Waals surface area contributed by atoms with Crippen LogP contribution in [0.15, 0.2) is 22.7 Å². The summed E-state index contributed by atoms with van der Waals surface area (Å²) in [5.74, 6) is 0. The molecule has 0 radical (unpaired) electrons. The summed E-state index contributed by atoms with van der Waals surface area (Å²) in [7, 11) is 0. The van der Waals surface area contributed by atoms with Crippen LogP contribution in [0.1, 0.15) is 23.7 Å². The van der Waals surface area contributed by atoms with Crippen LogP contribution in [-0.4, -0.2) is 0 Å². The van der Waals surface area contributed by atoms with Crippen LogP contribution in [0, 0.1) is 0 Å². The Balaban J connectivity index is 2.52. The van der Waals surface area contributed by atoms with E-state index in [-0.39, 0.29) is 0 Å². The quantitative estimate of drug-likeness (QED) is 0.622. The van der Waals surface area contributed by atoms with E-state index in [9.17, 15) is 4.39 Å². The molecule has 2 heteroatoms. The zero-order valence-electron chi connectivity index (χ0n) is 5.98. The van der Waals surface area contributed by atoms with Gasteiger partial charge in [-0.1, -0.05) is 22.0 Å². The predicted molar refractivity (Wildman–Crippen MR) is 46.3 cm³/mol. The second-order valence-corrected chi connectivity index (χ2v) is 3.77. The van der Waals surface area contributed by atoms with E-state index in [2.05, 4.69) is 15.9 Å². The fourth-order valence-electron chi connectivity index (χ4n) is 1.52. The lowest BCUT2D eigenvalue weighted by Gasteiger charge is -2.00. The van der Waals surface area contributed by atoms with Crippen LogP contribution in [0.25, 0.3) is 0 Å². The van der Waals surface area contributed by atoms with Gasteiger partial charge in [-0.15, -0.1) is 0 Å². The highest BCUT2D eigenvalue weighted by Crippen LogP contribution is 2.35. The van der Waals surface area contributed by atoms with Gasteiger partial charge in [0.1, 0.15) is 6.17 Å². The average Bonchev–Trinajstić information content (AvgIpc) is 2.33. The summed E-state index contributed by atoms with van der Waals surface area (Å²) in [5.41, 5.74) is 2.04. The molecule has 1 unspecified atom stereocenters. The van der Waals surface area contributed by atoms with Gasteiger partial charge >= 0.3 is 0 Å². The van der Waals surface area contributed by atoms with Gasteiger partial charge in [-0.2, -0.15) is 0 Å². The van der Waals surface area contributed by atoms with Crippen LogP contribution < -0.4 is 0 Å². The predicted octanol–water partition coefficient (Wildman–Crippen LogP) is 3.41. The van der Waals surface area contributed by atoms with Crippen molar-refractivity contribution in [3.8, 4) is 0 Å². The lowest BCUT2D eigenvalue weighted by molar-refractivity contribution is 0.344. The van der Waals surface area contributed by atoms with E-state index in [0.29, 0.717) is 6.42 Å². The second kappa shape index (κ2) is 2.59. The molecular weight excluding hydrogens is 207 g/mol. The number of hydrogen-bond acceptors (Lipinski definition) is 0. The third-order valence-corrected chi connectivity index (χ3v) is 2.61. The van der Waals surface area contributed by atoms with Gasteiger partial charge in [0.05, 0.1) is 0 Å². The Morgan fingerprint density at radius 1 is 1.45 bits per heavy atom. The molecule has 1 aromatic carbocycles. The number of benzene rings is 1. The average molecular weight is 215 g/mol. The number of aryl methyl sites for hydroxylation is 1. The standard InChI is InChI=1S/C9H8BrF/c10-7-3-1-6-2-4-9(11)8(6)5-7/h1,3,5,9H,2,4H2. The maximum Gasteiger partial charge on any atom is 0.126 e. The Morgan fingerprint density at radius 3 is 3.09 bits per heavy atom. The molecule has 0 fully saturated rings. The van der Waals surface area contributed by atoms with Crippen molar-refractivity contribution in [2.45, 2.75) is 19.0 Å². The Hall–Kier alpha value is -0.370. The number of fused-ring (bicyclic) bond motifs is 1. The van der Waals surface area contributed by atoms with E-state index in [1.807, 2.05) is 18.2 Å². The van der Waals surface area contributed by atoms with E-state index in [4.69, 9.17) is 0 Å². The van der Waals surface area contributed by atoms with Crippen LogP contribution in [0.5, 0.6) is 0 Å². The van der Waals surface area contributed by atoms with Crippen LogP contribution in [0.3, 0.4) is 0 Å². The molecule has 0 bridgehead atoms. The van der Waals surface area contributed by atoms with Crippen molar-refractivity contribution < 1.29 is 4.39 Å². The molecule has 58 valence electrons. The van der Waals surface area contributed by atoms with Crippen LogP contribution in [-0.2, 0) is 6.42 Å². The zero-order chi connectivity index (χ0) is 7.84. The Bertz CT molecular complexity index is 283. The van der Waals surface area contributed by atoms with Crippen LogP contribution in [0.4, 0.5) is 4.39 Å². The van der Waals surface area contributed by atoms with Crippen molar-refractivity contribution >= 4 is 15.9 Å². The van der Waals surface area contributed by atoms with Gasteiger partial charge in [0.15, 0.2) is 0 Å². The molecule has 2 rings (SSSR count). The molecular formula is C9H8BrF. The van der Waals surface area contributed by atoms with E-state index in [1.54, 1.807) is 0 Å². The van der Waals surface area contributed by atoms with Crippen molar-refractivity contribution in [1.29, 1.82) is 0 Å². The molecule has 0 saturated carbocycles. The Labute approximate surface area is 73.6 Å². The molecule has 0 heterocycles. The smallest absolute Gasteiger partial charge is 0.126 e. The number of alkyl halides is 1. The molecule has 0 N–H and O–H groups in total. The molecule has 0 amide bonds. The van der Waals surface area contributed by atoms with E-state index < -0.39 is 6.17 Å². The first-order chi connectivity index (χ1) is 5.27. The third kappa shape index (κ3) is 1.20. The summed E-state index contributed by atoms with van der Waals surface area (Å²) in [6.45, 7) is 0. The minimum atomic E-state index is -0.734. The monoisotopic (exact) mass is 214 g/mol. The van der Waals surface area contributed by atoms with Gasteiger partial charge in [0.25, 0.3) is 0 Å². The van der Waals surface area contributed by atoms with Crippen LogP contribution in [0.2, 0.25) is 0 Å². The summed E-state index contributed by atoms with van der Waals surface area (Å²) in [6.07, 6.45) is 0.817. The van der Waals surface area contributed by atoms with Gasteiger partial charge in [-0.05, 0) is 36.1 Å². The summed E-state index contributed by atoms with van der Waals surface area (Å²) >= 11 is 3.33. The molecule has 1 aromatic rings. The SMILES string of the molecule is FC1CCc2ccc(Br)cc21. The van der Waals surface area contributed by atoms with E-state index in [0.717, 1.165) is 16.5 Å². The van der Waals surface area contributed by atoms with Gasteiger partial charge in [0, 0.05) is 4.47 Å². The summed E-state index contributed by atoms with van der Waals surface area (Å²) in [5, 5.41) is 0. The normalized spacial score (nSPS) is 21.8. The first-order valence-corrected chi connectivity index (χ1v) is 4.49. The van der Waals surface area contributed by atoms with Crippen molar-refractivity contribution in [3.63, 3.8) is 0 Å². The third-order valence-electron chi connectivity index (χ3n) is 2.11. The van der Waals surface area contributed by atoms with Gasteiger partial charge in [-0.25, -0.2) is 4.39 Å². The first-order valence-electron chi connectivity index (χ1n) is 3.70. The number of rotatable bonds is 0. The Kier molecular flexibility index (Phi) is 1.72. The van der Waals surface area contributed by atoms with E-state index in [1.165, 1.54) is 5.56 Å². The molecule has 1 aliphatic carbocycles. The Morgan fingerprint density at radius 2 is 2.27 bits per heavy atom. The fourth-order valence-corrected chi connectivity index (χ4v) is 1.90. The lowest BCUT2D eigenvalue weighted by Crippen LogP contribution is -1.83. The summed E-state index contributed by atoms with van der Waals surface area (Å²) in [4.78, 5) is 0. The molecule has 0 aliphatic heterocycles. The molecule has 0 nitrogen and oxygen atoms in total. The fraction of sp³-hybridized carbons (Fsp3) is 0.333. The summed E-state index contributed by atoms with van der Waals surface area (Å²) in [6, 6.07) is 5.85. The minimum absolute atomic E-state index is 0.659. The lowest BCUT2D eigenvalue weighted by atomic mass is 10.1. The highest BCUT2D eigenvalue weighted by atomic mass is 79.9. The molecule has 1 aliphatic rings. The maximum absolute atomic E-state index is 13.1. The zero-order valence-corrected chi connectivity index (χ0v) is 7.57. The summed E-state index contributed by atoms with van der Waals surface area (Å²) < 4.78 is 14.0. The second-order valence-electron chi connectivity index (χ2n) is 2.85. The number of halogens is 2. The molecule has 11 heavy (non-hydrogen) atoms. The van der Waals surface area contributed by atoms with Crippen molar-refractivity contribution in [1.82, 2.24) is 0 Å². The van der Waals surface area contributed by atoms with Gasteiger partial charge in [0.2, 0.25) is 0 Å². The molecule has 0 aromatic heterocycles. The largest absolute Gasteiger partial charge is 0.242 e. The first kappa shape index (κ1) is 7.29. The minimum Gasteiger partial charge on any atom is -0.242 e. The number of hydrogen-bond donors (Lipinski definition) is 0. The molecule has 1 atom stereocenters. The van der Waals surface area contributed by atoms with E-state index >= 15 is 0 Å². The maximum atomic E-state index is 13.1. The van der Waals surface area contributed by atoms with Gasteiger partial charge in [-0.3, -0.25) is 0 Å². The van der Waals surface area contributed by atoms with Crippen molar-refractivity contribution in [2.24, 2.45) is 0 Å². The van der Waals surface area contributed by atoms with Crippen molar-refractivity contribution in [3.05, 3.63) is 33.8 Å². The molecule has 0 saturated heterocycles.